The molecule has 0 fully saturated rings. The quantitative estimate of drug-likeness (QED) is 0.451. The van der Waals surface area contributed by atoms with Crippen LogP contribution in [0.1, 0.15) is 12.5 Å². The van der Waals surface area contributed by atoms with Gasteiger partial charge in [0.2, 0.25) is 0 Å². The Morgan fingerprint density at radius 2 is 1.65 bits per heavy atom. The Morgan fingerprint density at radius 3 is 2.50 bits per heavy atom. The molecule has 0 radical (unpaired) electrons. The molecule has 0 bridgehead atoms. The van der Waals surface area contributed by atoms with Gasteiger partial charge >= 0.3 is 0 Å². The largest absolute Gasteiger partial charge is 0.343 e. The van der Waals surface area contributed by atoms with Crippen LogP contribution in [0.5, 0.6) is 0 Å². The van der Waals surface area contributed by atoms with E-state index >= 15 is 0 Å². The number of nitrogens with zero attached hydrogens (tertiary/aromatic N) is 1. The summed E-state index contributed by atoms with van der Waals surface area (Å²) < 4.78 is 2.32. The lowest BCUT2D eigenvalue weighted by atomic mass is 10.0. The van der Waals surface area contributed by atoms with Crippen LogP contribution in [-0.4, -0.2) is 4.57 Å². The van der Waals surface area contributed by atoms with Crippen molar-refractivity contribution in [3.8, 4) is 0 Å². The first-order valence-corrected chi connectivity index (χ1v) is 7.18. The van der Waals surface area contributed by atoms with Crippen LogP contribution in [0.4, 0.5) is 0 Å². The van der Waals surface area contributed by atoms with Crippen LogP contribution in [0.3, 0.4) is 0 Å². The zero-order chi connectivity index (χ0) is 13.7. The molecule has 4 aromatic rings. The summed E-state index contributed by atoms with van der Waals surface area (Å²) in [6, 6.07) is 20.0. The molecule has 20 heavy (non-hydrogen) atoms. The first-order chi connectivity index (χ1) is 9.79. The maximum atomic E-state index is 2.32. The minimum Gasteiger partial charge on any atom is -0.343 e. The van der Waals surface area contributed by atoms with E-state index in [0.717, 1.165) is 6.42 Å². The molecule has 0 atom stereocenters. The third-order valence-electron chi connectivity index (χ3n) is 4.36. The molecule has 0 N–H and O–H groups in total. The van der Waals surface area contributed by atoms with Gasteiger partial charge in [0, 0.05) is 28.7 Å². The lowest BCUT2D eigenvalue weighted by Crippen LogP contribution is -1.88. The van der Waals surface area contributed by atoms with E-state index in [-0.39, 0.29) is 0 Å². The Morgan fingerprint density at radius 1 is 0.850 bits per heavy atom. The lowest BCUT2D eigenvalue weighted by Gasteiger charge is -2.05. The molecule has 4 rings (SSSR count). The van der Waals surface area contributed by atoms with Crippen LogP contribution in [0.2, 0.25) is 0 Å². The second-order valence-electron chi connectivity index (χ2n) is 5.45. The summed E-state index contributed by atoms with van der Waals surface area (Å²) in [4.78, 5) is 0. The summed E-state index contributed by atoms with van der Waals surface area (Å²) >= 11 is 0. The molecule has 0 saturated carbocycles. The number of aryl methyl sites for hydroxylation is 2. The van der Waals surface area contributed by atoms with Gasteiger partial charge in [-0.25, -0.2) is 0 Å². The highest BCUT2D eigenvalue weighted by Gasteiger charge is 2.10. The van der Waals surface area contributed by atoms with Gasteiger partial charge in [0.25, 0.3) is 0 Å². The summed E-state index contributed by atoms with van der Waals surface area (Å²) in [6.45, 7) is 2.20. The molecule has 1 nitrogen and oxygen atoms in total. The molecule has 1 heterocycles. The summed E-state index contributed by atoms with van der Waals surface area (Å²) in [5.74, 6) is 0. The highest BCUT2D eigenvalue weighted by molar-refractivity contribution is 6.17. The number of fused-ring (bicyclic) bond motifs is 5. The van der Waals surface area contributed by atoms with Gasteiger partial charge < -0.3 is 4.57 Å². The van der Waals surface area contributed by atoms with E-state index in [1.54, 1.807) is 0 Å². The van der Waals surface area contributed by atoms with Crippen LogP contribution in [-0.2, 0) is 13.5 Å². The van der Waals surface area contributed by atoms with Gasteiger partial charge in [-0.3, -0.25) is 0 Å². The molecule has 0 unspecified atom stereocenters. The van der Waals surface area contributed by atoms with Crippen molar-refractivity contribution in [1.29, 1.82) is 0 Å². The van der Waals surface area contributed by atoms with Crippen molar-refractivity contribution < 1.29 is 0 Å². The van der Waals surface area contributed by atoms with E-state index in [2.05, 4.69) is 73.1 Å². The maximum Gasteiger partial charge on any atom is 0.0568 e. The molecule has 1 heteroatoms. The van der Waals surface area contributed by atoms with Crippen LogP contribution >= 0.6 is 0 Å². The predicted molar refractivity (Wildman–Crippen MR) is 87.3 cm³/mol. The number of benzene rings is 3. The van der Waals surface area contributed by atoms with Crippen molar-refractivity contribution in [1.82, 2.24) is 4.57 Å². The van der Waals surface area contributed by atoms with E-state index in [9.17, 15) is 0 Å². The molecule has 0 aliphatic heterocycles. The van der Waals surface area contributed by atoms with Crippen molar-refractivity contribution in [2.45, 2.75) is 13.3 Å². The summed E-state index contributed by atoms with van der Waals surface area (Å²) in [5, 5.41) is 5.37. The maximum absolute atomic E-state index is 2.32. The second-order valence-corrected chi connectivity index (χ2v) is 5.45. The van der Waals surface area contributed by atoms with Crippen molar-refractivity contribution in [3.63, 3.8) is 0 Å². The van der Waals surface area contributed by atoms with E-state index in [0.29, 0.717) is 0 Å². The molecule has 1 aromatic heterocycles. The highest BCUT2D eigenvalue weighted by atomic mass is 14.9. The van der Waals surface area contributed by atoms with Crippen molar-refractivity contribution in [2.24, 2.45) is 7.05 Å². The molecular formula is C19H17N. The monoisotopic (exact) mass is 259 g/mol. The number of rotatable bonds is 1. The number of para-hydroxylation sites is 1. The van der Waals surface area contributed by atoms with E-state index in [1.165, 1.54) is 38.1 Å². The molecule has 98 valence electrons. The van der Waals surface area contributed by atoms with Gasteiger partial charge in [0.05, 0.1) is 5.52 Å². The third kappa shape index (κ3) is 1.44. The Bertz CT molecular complexity index is 944. The standard InChI is InChI=1S/C19H17N/c1-3-13-8-10-15-14(12-13)9-11-17-16-6-4-5-7-18(16)20(2)19(15)17/h4-12H,3H2,1-2H3. The Hall–Kier alpha value is -2.28. The molecular weight excluding hydrogens is 242 g/mol. The first kappa shape index (κ1) is 11.5. The molecule has 0 spiro atoms. The number of hydrogen-bond acceptors (Lipinski definition) is 0. The number of aromatic nitrogens is 1. The van der Waals surface area contributed by atoms with E-state index in [4.69, 9.17) is 0 Å². The predicted octanol–water partition coefficient (Wildman–Crippen LogP) is 5.05. The van der Waals surface area contributed by atoms with E-state index < -0.39 is 0 Å². The SMILES string of the molecule is CCc1ccc2c(ccc3c4ccccc4n(C)c23)c1. The van der Waals surface area contributed by atoms with Crippen LogP contribution in [0.15, 0.2) is 54.6 Å². The Kier molecular flexibility index (Phi) is 2.37. The number of hydrogen-bond donors (Lipinski definition) is 0. The lowest BCUT2D eigenvalue weighted by molar-refractivity contribution is 1.02. The first-order valence-electron chi connectivity index (χ1n) is 7.18. The second kappa shape index (κ2) is 4.11. The summed E-state index contributed by atoms with van der Waals surface area (Å²) in [5.41, 5.74) is 4.04. The Balaban J connectivity index is 2.24. The van der Waals surface area contributed by atoms with Crippen molar-refractivity contribution in [3.05, 3.63) is 60.2 Å². The fraction of sp³-hybridized carbons (Fsp3) is 0.158. The van der Waals surface area contributed by atoms with Crippen LogP contribution in [0.25, 0.3) is 32.6 Å². The van der Waals surface area contributed by atoms with Gasteiger partial charge in [-0.1, -0.05) is 55.5 Å². The minimum absolute atomic E-state index is 1.09. The third-order valence-corrected chi connectivity index (χ3v) is 4.36. The van der Waals surface area contributed by atoms with Gasteiger partial charge in [0.1, 0.15) is 0 Å². The average Bonchev–Trinajstić information content (AvgIpc) is 2.80. The van der Waals surface area contributed by atoms with Crippen molar-refractivity contribution >= 4 is 32.6 Å². The van der Waals surface area contributed by atoms with Crippen LogP contribution < -0.4 is 0 Å². The van der Waals surface area contributed by atoms with Gasteiger partial charge in [-0.05, 0) is 23.4 Å². The highest BCUT2D eigenvalue weighted by Crippen LogP contribution is 2.33. The van der Waals surface area contributed by atoms with Gasteiger partial charge in [0.15, 0.2) is 0 Å². The normalized spacial score (nSPS) is 11.7. The van der Waals surface area contributed by atoms with Gasteiger partial charge in [-0.2, -0.15) is 0 Å². The minimum atomic E-state index is 1.09. The summed E-state index contributed by atoms with van der Waals surface area (Å²) in [6.07, 6.45) is 1.09. The molecule has 0 saturated heterocycles. The van der Waals surface area contributed by atoms with Crippen LogP contribution in [0, 0.1) is 0 Å². The smallest absolute Gasteiger partial charge is 0.0568 e. The summed E-state index contributed by atoms with van der Waals surface area (Å²) in [7, 11) is 2.16. The Labute approximate surface area is 118 Å². The topological polar surface area (TPSA) is 4.93 Å². The fourth-order valence-corrected chi connectivity index (χ4v) is 3.28. The molecule has 0 aliphatic carbocycles. The van der Waals surface area contributed by atoms with Gasteiger partial charge in [-0.15, -0.1) is 0 Å². The zero-order valence-electron chi connectivity index (χ0n) is 11.9. The molecule has 3 aromatic carbocycles. The average molecular weight is 259 g/mol. The van der Waals surface area contributed by atoms with E-state index in [1.807, 2.05) is 0 Å². The zero-order valence-corrected chi connectivity index (χ0v) is 11.9. The fourth-order valence-electron chi connectivity index (χ4n) is 3.28. The molecule has 0 amide bonds. The molecule has 0 aliphatic rings. The van der Waals surface area contributed by atoms with Crippen molar-refractivity contribution in [2.75, 3.05) is 0 Å².